The number of methoxy groups -OCH3 is 1. The Morgan fingerprint density at radius 3 is 3.00 bits per heavy atom. The minimum Gasteiger partial charge on any atom is -0.383 e. The molecule has 0 aliphatic heterocycles. The summed E-state index contributed by atoms with van der Waals surface area (Å²) in [5, 5.41) is 14.1. The van der Waals surface area contributed by atoms with Gasteiger partial charge in [0, 0.05) is 25.1 Å². The van der Waals surface area contributed by atoms with Gasteiger partial charge in [0.1, 0.15) is 5.01 Å². The lowest BCUT2D eigenvalue weighted by Gasteiger charge is -1.99. The van der Waals surface area contributed by atoms with Crippen molar-refractivity contribution in [3.63, 3.8) is 0 Å². The van der Waals surface area contributed by atoms with Crippen molar-refractivity contribution in [3.8, 4) is 9.88 Å². The zero-order chi connectivity index (χ0) is 14.5. The molecular formula is C15H21N3OS2. The maximum absolute atomic E-state index is 5.02. The molecule has 1 aliphatic rings. The minimum atomic E-state index is 0.726. The topological polar surface area (TPSA) is 47.0 Å². The molecule has 3 rings (SSSR count). The fourth-order valence-electron chi connectivity index (χ4n) is 2.57. The normalized spacial score (nSPS) is 14.9. The van der Waals surface area contributed by atoms with E-state index >= 15 is 0 Å². The number of hydrogen-bond donors (Lipinski definition) is 1. The molecule has 21 heavy (non-hydrogen) atoms. The number of nitrogens with one attached hydrogen (secondary N) is 1. The van der Waals surface area contributed by atoms with Crippen LogP contribution in [0.2, 0.25) is 0 Å². The Bertz CT molecular complexity index is 556. The highest BCUT2D eigenvalue weighted by atomic mass is 32.1. The molecular weight excluding hydrogens is 302 g/mol. The molecule has 0 radical (unpaired) electrons. The number of hydrogen-bond acceptors (Lipinski definition) is 6. The van der Waals surface area contributed by atoms with Crippen molar-refractivity contribution in [1.82, 2.24) is 15.5 Å². The van der Waals surface area contributed by atoms with Crippen LogP contribution in [0.4, 0.5) is 0 Å². The van der Waals surface area contributed by atoms with Gasteiger partial charge < -0.3 is 10.1 Å². The zero-order valence-corrected chi connectivity index (χ0v) is 14.0. The first-order valence-corrected chi connectivity index (χ1v) is 9.14. The number of aromatic nitrogens is 2. The molecule has 2 aromatic rings. The molecule has 2 aromatic heterocycles. The molecule has 0 bridgehead atoms. The van der Waals surface area contributed by atoms with Crippen LogP contribution in [0, 0.1) is 0 Å². The predicted molar refractivity (Wildman–Crippen MR) is 88.1 cm³/mol. The van der Waals surface area contributed by atoms with Crippen LogP contribution in [-0.4, -0.2) is 30.5 Å². The molecule has 1 N–H and O–H groups in total. The van der Waals surface area contributed by atoms with E-state index in [1.165, 1.54) is 37.0 Å². The van der Waals surface area contributed by atoms with Crippen molar-refractivity contribution in [1.29, 1.82) is 0 Å². The first-order chi connectivity index (χ1) is 10.4. The quantitative estimate of drug-likeness (QED) is 0.655. The third kappa shape index (κ3) is 3.88. The number of aryl methyl sites for hydroxylation is 2. The van der Waals surface area contributed by atoms with Crippen LogP contribution in [0.3, 0.4) is 0 Å². The van der Waals surface area contributed by atoms with E-state index in [0.29, 0.717) is 0 Å². The molecule has 0 saturated heterocycles. The van der Waals surface area contributed by atoms with E-state index in [1.54, 1.807) is 28.9 Å². The summed E-state index contributed by atoms with van der Waals surface area (Å²) in [7, 11) is 1.71. The maximum atomic E-state index is 5.02. The van der Waals surface area contributed by atoms with Crippen molar-refractivity contribution in [2.24, 2.45) is 0 Å². The highest BCUT2D eigenvalue weighted by Crippen LogP contribution is 2.36. The number of nitrogens with zero attached hydrogens (tertiary/aromatic N) is 2. The summed E-state index contributed by atoms with van der Waals surface area (Å²) in [5.41, 5.74) is 1.54. The summed E-state index contributed by atoms with van der Waals surface area (Å²) in [6.45, 7) is 2.34. The van der Waals surface area contributed by atoms with Gasteiger partial charge in [-0.25, -0.2) is 0 Å². The van der Waals surface area contributed by atoms with E-state index < -0.39 is 0 Å². The van der Waals surface area contributed by atoms with Crippen LogP contribution in [0.15, 0.2) is 6.07 Å². The van der Waals surface area contributed by atoms with Gasteiger partial charge in [-0.3, -0.25) is 0 Å². The van der Waals surface area contributed by atoms with Crippen LogP contribution in [0.5, 0.6) is 0 Å². The zero-order valence-electron chi connectivity index (χ0n) is 12.4. The SMILES string of the molecule is COCCNCc1nnc(-c2cc3c(s2)CCCCC3)s1. The number of rotatable bonds is 6. The van der Waals surface area contributed by atoms with E-state index in [0.717, 1.165) is 29.7 Å². The molecule has 114 valence electrons. The molecule has 2 heterocycles. The second-order valence-electron chi connectivity index (χ2n) is 5.29. The molecule has 1 aliphatic carbocycles. The van der Waals surface area contributed by atoms with Crippen molar-refractivity contribution >= 4 is 22.7 Å². The fraction of sp³-hybridized carbons (Fsp3) is 0.600. The Labute approximate surface area is 133 Å². The summed E-state index contributed by atoms with van der Waals surface area (Å²) >= 11 is 3.61. The third-order valence-electron chi connectivity index (χ3n) is 3.68. The lowest BCUT2D eigenvalue weighted by Crippen LogP contribution is -2.18. The third-order valence-corrected chi connectivity index (χ3v) is 6.01. The Balaban J connectivity index is 1.65. The standard InChI is InChI=1S/C15H21N3OS2/c1-19-8-7-16-10-14-17-18-15(21-14)13-9-11-5-3-2-4-6-12(11)20-13/h9,16H,2-8,10H2,1H3. The molecule has 6 heteroatoms. The second kappa shape index (κ2) is 7.45. The van der Waals surface area contributed by atoms with E-state index in [2.05, 4.69) is 21.6 Å². The van der Waals surface area contributed by atoms with Crippen LogP contribution in [-0.2, 0) is 24.1 Å². The Hall–Kier alpha value is -0.820. The van der Waals surface area contributed by atoms with Crippen LogP contribution in [0.25, 0.3) is 9.88 Å². The summed E-state index contributed by atoms with van der Waals surface area (Å²) in [5.74, 6) is 0. The monoisotopic (exact) mass is 323 g/mol. The first-order valence-electron chi connectivity index (χ1n) is 7.51. The maximum Gasteiger partial charge on any atom is 0.157 e. The average molecular weight is 323 g/mol. The van der Waals surface area contributed by atoms with Gasteiger partial charge >= 0.3 is 0 Å². The summed E-state index contributed by atoms with van der Waals surface area (Å²) in [4.78, 5) is 2.86. The summed E-state index contributed by atoms with van der Waals surface area (Å²) < 4.78 is 5.02. The van der Waals surface area contributed by atoms with Crippen molar-refractivity contribution < 1.29 is 4.74 Å². The van der Waals surface area contributed by atoms with Gasteiger partial charge in [0.25, 0.3) is 0 Å². The molecule has 0 fully saturated rings. The van der Waals surface area contributed by atoms with Gasteiger partial charge in [0.05, 0.1) is 11.5 Å². The smallest absolute Gasteiger partial charge is 0.157 e. The second-order valence-corrected chi connectivity index (χ2v) is 7.49. The largest absolute Gasteiger partial charge is 0.383 e. The number of fused-ring (bicyclic) bond motifs is 1. The Morgan fingerprint density at radius 2 is 2.10 bits per heavy atom. The molecule has 0 atom stereocenters. The predicted octanol–water partition coefficient (Wildman–Crippen LogP) is 3.27. The van der Waals surface area contributed by atoms with Crippen LogP contribution in [0.1, 0.15) is 34.7 Å². The Morgan fingerprint density at radius 1 is 1.19 bits per heavy atom. The summed E-state index contributed by atoms with van der Waals surface area (Å²) in [6.07, 6.45) is 6.50. The van der Waals surface area contributed by atoms with E-state index in [1.807, 2.05) is 11.3 Å². The van der Waals surface area contributed by atoms with E-state index in [-0.39, 0.29) is 0 Å². The highest BCUT2D eigenvalue weighted by molar-refractivity contribution is 7.21. The minimum absolute atomic E-state index is 0.726. The van der Waals surface area contributed by atoms with Crippen LogP contribution >= 0.6 is 22.7 Å². The summed E-state index contributed by atoms with van der Waals surface area (Å²) in [6, 6.07) is 2.34. The molecule has 0 unspecified atom stereocenters. The van der Waals surface area contributed by atoms with Crippen molar-refractivity contribution in [2.75, 3.05) is 20.3 Å². The highest BCUT2D eigenvalue weighted by Gasteiger charge is 2.15. The van der Waals surface area contributed by atoms with Crippen molar-refractivity contribution in [2.45, 2.75) is 38.6 Å². The van der Waals surface area contributed by atoms with Gasteiger partial charge in [-0.05, 0) is 37.3 Å². The lowest BCUT2D eigenvalue weighted by atomic mass is 10.1. The van der Waals surface area contributed by atoms with Gasteiger partial charge in [-0.1, -0.05) is 17.8 Å². The molecule has 0 saturated carbocycles. The number of ether oxygens (including phenoxy) is 1. The molecule has 4 nitrogen and oxygen atoms in total. The molecule has 0 amide bonds. The van der Waals surface area contributed by atoms with Gasteiger partial charge in [-0.2, -0.15) is 0 Å². The fourth-order valence-corrected chi connectivity index (χ4v) is 4.67. The van der Waals surface area contributed by atoms with Gasteiger partial charge in [-0.15, -0.1) is 21.5 Å². The average Bonchev–Trinajstić information content (AvgIpc) is 3.06. The molecule has 0 spiro atoms. The number of thiophene rings is 1. The first kappa shape index (κ1) is 15.1. The Kier molecular flexibility index (Phi) is 5.35. The van der Waals surface area contributed by atoms with E-state index in [4.69, 9.17) is 4.74 Å². The lowest BCUT2D eigenvalue weighted by molar-refractivity contribution is 0.199. The van der Waals surface area contributed by atoms with Crippen molar-refractivity contribution in [3.05, 3.63) is 21.5 Å². The van der Waals surface area contributed by atoms with E-state index in [9.17, 15) is 0 Å². The van der Waals surface area contributed by atoms with Gasteiger partial charge in [0.2, 0.25) is 0 Å². The van der Waals surface area contributed by atoms with Gasteiger partial charge in [0.15, 0.2) is 5.01 Å². The van der Waals surface area contributed by atoms with Crippen LogP contribution < -0.4 is 5.32 Å². The molecule has 0 aromatic carbocycles.